The molecule has 0 saturated heterocycles. The molecule has 46 heteroatoms. The second-order valence-corrected chi connectivity index (χ2v) is 85.2. The Morgan fingerprint density at radius 1 is 0.456 bits per heavy atom. The topological polar surface area (TPSA) is 112 Å². The number of hydrogen-bond donors (Lipinski definition) is 2. The van der Waals surface area contributed by atoms with E-state index in [1.807, 2.05) is 143 Å². The first kappa shape index (κ1) is 101. The summed E-state index contributed by atoms with van der Waals surface area (Å²) >= 11 is 18.9. The van der Waals surface area contributed by atoms with E-state index in [4.69, 9.17) is 41.3 Å². The zero-order valence-electron chi connectivity index (χ0n) is 56.3. The lowest BCUT2D eigenvalue weighted by molar-refractivity contribution is -0.227. The lowest BCUT2D eigenvalue weighted by Gasteiger charge is -2.62. The summed E-state index contributed by atoms with van der Waals surface area (Å²) in [6, 6.07) is 20.2. The molecule has 2 aromatic rings. The van der Waals surface area contributed by atoms with Crippen molar-refractivity contribution in [1.82, 2.24) is 0 Å². The van der Waals surface area contributed by atoms with Gasteiger partial charge in [-0.05, 0) is 109 Å². The largest absolute Gasteiger partial charge is 0.393 e. The fraction of sp³-hybridized carbons (Fsp3) is 0.719. The van der Waals surface area contributed by atoms with Gasteiger partial charge >= 0.3 is 0 Å². The van der Waals surface area contributed by atoms with Crippen LogP contribution in [0.5, 0.6) is 0 Å². The van der Waals surface area contributed by atoms with Crippen molar-refractivity contribution >= 4 is 358 Å². The van der Waals surface area contributed by atoms with E-state index >= 15 is 0 Å². The lowest BCUT2D eigenvalue weighted by Crippen LogP contribution is -2.63. The van der Waals surface area contributed by atoms with Gasteiger partial charge in [-0.15, -0.1) is 6.58 Å². The van der Waals surface area contributed by atoms with Gasteiger partial charge in [0.05, 0.1) is 37.6 Å². The summed E-state index contributed by atoms with van der Waals surface area (Å²) in [6.45, 7) is 25.7. The van der Waals surface area contributed by atoms with E-state index in [9.17, 15) is 19.8 Å². The average Bonchev–Trinajstić information content (AvgIpc) is 1.66. The molecule has 0 radical (unpaired) electrons. The molecule has 8 nitrogen and oxygen atoms in total. The van der Waals surface area contributed by atoms with Crippen LogP contribution in [-0.2, 0) is 388 Å². The van der Waals surface area contributed by atoms with Gasteiger partial charge in [0.25, 0.3) is 0 Å². The molecule has 6 fully saturated rings. The van der Waals surface area contributed by atoms with Crippen molar-refractivity contribution in [2.45, 2.75) is 178 Å². The molecule has 6 aliphatic carbocycles. The second-order valence-electron chi connectivity index (χ2n) is 25.0. The molecule has 0 spiro atoms. The van der Waals surface area contributed by atoms with Crippen LogP contribution in [0.4, 0.5) is 0 Å². The Hall–Kier alpha value is 5.64. The molecular formula is C57H86O8S38. The zero-order valence-corrected chi connectivity index (χ0v) is 87.3. The van der Waals surface area contributed by atoms with Gasteiger partial charge < -0.3 is 29.2 Å². The highest BCUT2D eigenvalue weighted by molar-refractivity contribution is 8.80. The predicted octanol–water partition coefficient (Wildman–Crippen LogP) is 11.9. The number of carbonyl (C=O) groups is 2. The van der Waals surface area contributed by atoms with Crippen molar-refractivity contribution in [3.8, 4) is 0 Å². The number of Topliss-reactive ketones (excluding diaryl/α,β-unsaturated/α-hetero) is 2. The number of hydrogen-bond acceptors (Lipinski definition) is 12. The van der Waals surface area contributed by atoms with Gasteiger partial charge in [0.1, 0.15) is 25.2 Å². The summed E-state index contributed by atoms with van der Waals surface area (Å²) in [6.07, 6.45) is 10.1. The standard InChI is InChI=1S/C28H42O4.C28H40O4.CH4.S28.S10/c2*1-6-26(4)16-23(30)27(5)19(2)12-14-28(15-13-22(29)24(27)28)20(3)25(26)32-18-31-17-21-10-8-7-9-11-21;;1-3-5-7-9-11-13-15-17-19-21-23-25-27-28-26-24-22-20-18-16-14-12-10-8-6-4-2;1-3-5-7-9-10-8-6-4-2/h7-11,19-20,23-25,30H,6,12-18H2,1-5H3;6-11,19-20,23-25,30H,1,12-18H2,2-5H3;1H4;;/t2*19-,20+,23-,24?,25+,26+,27+,28+;;;/m11.../s1. The highest BCUT2D eigenvalue weighted by Crippen LogP contribution is 2.69. The third-order valence-electron chi connectivity index (χ3n) is 20.8. The molecule has 2 N–H and O–H groups in total. The Kier molecular flexibility index (Phi) is 55.1. The van der Waals surface area contributed by atoms with Crippen molar-refractivity contribution in [2.24, 2.45) is 68.0 Å². The summed E-state index contributed by atoms with van der Waals surface area (Å²) in [5, 5.41) is 23.3. The van der Waals surface area contributed by atoms with Crippen molar-refractivity contribution in [3.05, 3.63) is 84.4 Å². The molecule has 4 bridgehead atoms. The van der Waals surface area contributed by atoms with Gasteiger partial charge in [0.15, 0.2) is 0 Å². The lowest BCUT2D eigenvalue weighted by atomic mass is 9.43. The maximum atomic E-state index is 13.3. The molecule has 590 valence electrons. The number of benzene rings is 2. The Balaban J connectivity index is 0.000000306. The number of carbonyl (C=O) groups excluding carboxylic acids is 2. The minimum atomic E-state index is -0.573. The van der Waals surface area contributed by atoms with Crippen LogP contribution in [-0.4, -0.2) is 59.8 Å². The number of aliphatic hydroxyl groups is 2. The van der Waals surface area contributed by atoms with E-state index in [1.54, 1.807) is 178 Å². The van der Waals surface area contributed by atoms with Gasteiger partial charge in [0, 0.05) is 388 Å². The fourth-order valence-electron chi connectivity index (χ4n) is 15.6. The summed E-state index contributed by atoms with van der Waals surface area (Å²) in [5.74, 6) is 1.60. The van der Waals surface area contributed by atoms with Crippen molar-refractivity contribution in [3.63, 3.8) is 0 Å². The minimum absolute atomic E-state index is 0. The molecule has 2 aromatic carbocycles. The average molecular weight is 2120 g/mol. The van der Waals surface area contributed by atoms with Gasteiger partial charge in [-0.1, -0.05) is 136 Å². The maximum Gasteiger partial charge on any atom is 0.147 e. The molecule has 0 heterocycles. The van der Waals surface area contributed by atoms with Crippen molar-refractivity contribution < 1.29 is 38.7 Å². The molecule has 0 aromatic heterocycles. The second kappa shape index (κ2) is 56.2. The number of aliphatic hydroxyl groups excluding tert-OH is 2. The van der Waals surface area contributed by atoms with E-state index in [0.29, 0.717) is 62.3 Å². The Labute approximate surface area is 728 Å². The fourth-order valence-corrected chi connectivity index (χ4v) is 98.0. The molecular weight excluding hydrogens is 2030 g/mol. The highest BCUT2D eigenvalue weighted by atomic mass is 33.5. The van der Waals surface area contributed by atoms with Crippen LogP contribution in [0, 0.1) is 68.0 Å². The van der Waals surface area contributed by atoms with Crippen LogP contribution in [0.15, 0.2) is 73.3 Å². The third kappa shape index (κ3) is 31.4. The van der Waals surface area contributed by atoms with Crippen molar-refractivity contribution in [2.75, 3.05) is 13.6 Å². The van der Waals surface area contributed by atoms with Gasteiger partial charge in [-0.3, -0.25) is 9.59 Å². The van der Waals surface area contributed by atoms with Crippen LogP contribution >= 0.6 is 0 Å². The summed E-state index contributed by atoms with van der Waals surface area (Å²) in [7, 11) is 58.1. The quantitative estimate of drug-likeness (QED) is 0.120. The van der Waals surface area contributed by atoms with Crippen LogP contribution in [0.2, 0.25) is 0 Å². The maximum absolute atomic E-state index is 13.3. The van der Waals surface area contributed by atoms with Crippen LogP contribution in [0.1, 0.15) is 151 Å². The number of ketones is 2. The molecule has 6 aliphatic rings. The van der Waals surface area contributed by atoms with E-state index in [-0.39, 0.29) is 78.6 Å². The Bertz CT molecular complexity index is 4750. The first-order valence-electron chi connectivity index (χ1n) is 30.9. The first-order chi connectivity index (χ1) is 49.2. The minimum Gasteiger partial charge on any atom is -0.393 e. The third-order valence-corrected chi connectivity index (χ3v) is 91.9. The Morgan fingerprint density at radius 2 is 0.748 bits per heavy atom. The van der Waals surface area contributed by atoms with E-state index in [1.165, 1.54) is 35.5 Å². The van der Waals surface area contributed by atoms with E-state index in [0.717, 1.165) is 56.1 Å². The normalized spacial score (nSPS) is 30.0. The number of ether oxygens (including phenoxy) is 4. The summed E-state index contributed by atoms with van der Waals surface area (Å²) in [5.41, 5.74) is 0.695. The van der Waals surface area contributed by atoms with Gasteiger partial charge in [0.2, 0.25) is 0 Å². The van der Waals surface area contributed by atoms with Crippen LogP contribution < -0.4 is 0 Å². The molecule has 2 unspecified atom stereocenters. The molecule has 8 rings (SSSR count). The van der Waals surface area contributed by atoms with Crippen LogP contribution in [0.25, 0.3) is 0 Å². The SMILES string of the molecule is C.C=C[C@@]1(C)C[C@@H](O)[C@@]2(C)C3C(=O)CC[C@@]3(CC[C@H]2C)[C@@H](C)[C@@H]1OCOCc1ccccc1.CC[C@@]1(C)C[C@@H](O)[C@@]2(C)C3C(=O)CC[C@@]3(CC[C@H]2C)[C@@H](C)[C@@H]1OCOCc1ccccc1.S=S=S=S=S=S=S=S=S=S.S=S=S=S=S=S=S=S=S=S=S=S=S=S=S=S=S=S=S=S=S=S=S=S=S=S=S=S. The van der Waals surface area contributed by atoms with Crippen LogP contribution in [0.3, 0.4) is 0 Å². The molecule has 16 atom stereocenters. The highest BCUT2D eigenvalue weighted by Gasteiger charge is 2.69. The number of rotatable bonds is 12. The van der Waals surface area contributed by atoms with E-state index < -0.39 is 23.0 Å². The van der Waals surface area contributed by atoms with Crippen molar-refractivity contribution in [1.29, 1.82) is 0 Å². The molecule has 6 saturated carbocycles. The smallest absolute Gasteiger partial charge is 0.147 e. The van der Waals surface area contributed by atoms with E-state index in [2.05, 4.69) is 103 Å². The Morgan fingerprint density at radius 3 is 1.05 bits per heavy atom. The zero-order chi connectivity index (χ0) is 74.3. The van der Waals surface area contributed by atoms with Gasteiger partial charge in [-0.2, -0.15) is 0 Å². The molecule has 0 amide bonds. The van der Waals surface area contributed by atoms with Gasteiger partial charge in [-0.25, -0.2) is 0 Å². The first-order valence-corrected chi connectivity index (χ1v) is 78.9. The summed E-state index contributed by atoms with van der Waals surface area (Å²) in [4.78, 5) is 26.6. The predicted molar refractivity (Wildman–Crippen MR) is 538 cm³/mol. The monoisotopic (exact) mass is 2110 g/mol. The molecule has 103 heavy (non-hydrogen) atoms. The summed E-state index contributed by atoms with van der Waals surface area (Å²) < 4.78 is 24.9. The molecule has 0 aliphatic heterocycles.